The van der Waals surface area contributed by atoms with Crippen molar-refractivity contribution in [2.75, 3.05) is 0 Å². The van der Waals surface area contributed by atoms with Gasteiger partial charge in [-0.25, -0.2) is 4.98 Å². The fraction of sp³-hybridized carbons (Fsp3) is 0.0408. The SMILES string of the molecule is C1=CCC(n2c(-c3ccc(-c4cccc5oc6cc(-n7c8ccccc8c8ccc(-c9ccccc9)cc87)ccc6c45)cc3)nc3ccccc32)C=C1. The molecule has 3 heterocycles. The molecular weight excluding hydrogens is 647 g/mol. The molecule has 11 rings (SSSR count). The highest BCUT2D eigenvalue weighted by Gasteiger charge is 2.20. The summed E-state index contributed by atoms with van der Waals surface area (Å²) in [5.41, 5.74) is 13.1. The Kier molecular flexibility index (Phi) is 6.65. The summed E-state index contributed by atoms with van der Waals surface area (Å²) in [7, 11) is 0. The molecule has 0 spiro atoms. The van der Waals surface area contributed by atoms with Crippen LogP contribution in [0.4, 0.5) is 0 Å². The van der Waals surface area contributed by atoms with Gasteiger partial charge in [-0.3, -0.25) is 0 Å². The highest BCUT2D eigenvalue weighted by atomic mass is 16.3. The van der Waals surface area contributed by atoms with Gasteiger partial charge in [0.05, 0.1) is 28.1 Å². The van der Waals surface area contributed by atoms with E-state index in [4.69, 9.17) is 9.40 Å². The lowest BCUT2D eigenvalue weighted by Crippen LogP contribution is -2.08. The van der Waals surface area contributed by atoms with E-state index in [-0.39, 0.29) is 6.04 Å². The highest BCUT2D eigenvalue weighted by molar-refractivity contribution is 6.14. The molecule has 7 aromatic carbocycles. The van der Waals surface area contributed by atoms with E-state index in [9.17, 15) is 0 Å². The van der Waals surface area contributed by atoms with E-state index in [2.05, 4.69) is 191 Å². The summed E-state index contributed by atoms with van der Waals surface area (Å²) < 4.78 is 11.4. The van der Waals surface area contributed by atoms with Crippen molar-refractivity contribution in [1.82, 2.24) is 14.1 Å². The normalized spacial score (nSPS) is 14.4. The lowest BCUT2D eigenvalue weighted by molar-refractivity contribution is 0.631. The van der Waals surface area contributed by atoms with Gasteiger partial charge in [-0.1, -0.05) is 133 Å². The number of allylic oxidation sites excluding steroid dienone is 4. The van der Waals surface area contributed by atoms with Gasteiger partial charge < -0.3 is 13.6 Å². The van der Waals surface area contributed by atoms with Crippen molar-refractivity contribution in [3.8, 4) is 39.3 Å². The number of aromatic nitrogens is 3. The second kappa shape index (κ2) is 11.8. The molecule has 0 N–H and O–H groups in total. The van der Waals surface area contributed by atoms with E-state index in [1.54, 1.807) is 0 Å². The molecule has 250 valence electrons. The Morgan fingerprint density at radius 2 is 1.28 bits per heavy atom. The smallest absolute Gasteiger partial charge is 0.141 e. The maximum absolute atomic E-state index is 6.64. The molecule has 0 radical (unpaired) electrons. The van der Waals surface area contributed by atoms with Gasteiger partial charge in [0.1, 0.15) is 17.0 Å². The molecule has 1 unspecified atom stereocenters. The molecule has 0 amide bonds. The molecule has 3 aromatic heterocycles. The second-order valence-electron chi connectivity index (χ2n) is 13.9. The number of furan rings is 1. The Labute approximate surface area is 306 Å². The van der Waals surface area contributed by atoms with Gasteiger partial charge >= 0.3 is 0 Å². The average Bonchev–Trinajstić information content (AvgIpc) is 3.91. The Bertz CT molecular complexity index is 3080. The van der Waals surface area contributed by atoms with Crippen LogP contribution in [0.1, 0.15) is 12.5 Å². The monoisotopic (exact) mass is 679 g/mol. The minimum absolute atomic E-state index is 0.228. The number of benzene rings is 7. The first-order chi connectivity index (χ1) is 26.3. The van der Waals surface area contributed by atoms with Crippen molar-refractivity contribution >= 4 is 54.8 Å². The summed E-state index contributed by atoms with van der Waals surface area (Å²) in [6, 6.07) is 56.6. The van der Waals surface area contributed by atoms with Gasteiger partial charge in [-0.15, -0.1) is 0 Å². The van der Waals surface area contributed by atoms with Crippen LogP contribution in [0, 0.1) is 0 Å². The highest BCUT2D eigenvalue weighted by Crippen LogP contribution is 2.41. The molecule has 4 nitrogen and oxygen atoms in total. The third-order valence-corrected chi connectivity index (χ3v) is 10.9. The molecule has 53 heavy (non-hydrogen) atoms. The quantitative estimate of drug-likeness (QED) is 0.181. The fourth-order valence-electron chi connectivity index (χ4n) is 8.39. The van der Waals surface area contributed by atoms with Crippen LogP contribution in [-0.4, -0.2) is 14.1 Å². The number of fused-ring (bicyclic) bond motifs is 7. The molecule has 1 aliphatic rings. The van der Waals surface area contributed by atoms with Crippen LogP contribution in [0.15, 0.2) is 186 Å². The lowest BCUT2D eigenvalue weighted by atomic mass is 9.98. The third-order valence-electron chi connectivity index (χ3n) is 10.9. The summed E-state index contributed by atoms with van der Waals surface area (Å²) >= 11 is 0. The standard InChI is InChI=1S/C49H33N3O/c1-3-12-32(13-4-1)35-26-28-40-39-16-7-9-19-43(39)51(45(40)30-35)37-27-29-41-47(31-37)53-46-21-11-17-38(48(41)46)33-22-24-34(25-23-33)49-50-42-18-8-10-20-44(42)52(49)36-14-5-2-6-15-36/h1-14,16-31,36H,15H2. The molecule has 0 fully saturated rings. The molecular formula is C49H33N3O. The van der Waals surface area contributed by atoms with Crippen molar-refractivity contribution in [2.45, 2.75) is 12.5 Å². The minimum Gasteiger partial charge on any atom is -0.456 e. The molecule has 0 bridgehead atoms. The van der Waals surface area contributed by atoms with E-state index < -0.39 is 0 Å². The first-order valence-corrected chi connectivity index (χ1v) is 18.2. The van der Waals surface area contributed by atoms with E-state index in [0.29, 0.717) is 0 Å². The lowest BCUT2D eigenvalue weighted by Gasteiger charge is -2.19. The topological polar surface area (TPSA) is 35.9 Å². The number of rotatable bonds is 5. The Balaban J connectivity index is 1.02. The fourth-order valence-corrected chi connectivity index (χ4v) is 8.39. The zero-order chi connectivity index (χ0) is 34.9. The largest absolute Gasteiger partial charge is 0.456 e. The average molecular weight is 680 g/mol. The van der Waals surface area contributed by atoms with Crippen LogP contribution in [-0.2, 0) is 0 Å². The molecule has 0 aliphatic heterocycles. The van der Waals surface area contributed by atoms with Crippen LogP contribution in [0.25, 0.3) is 94.1 Å². The van der Waals surface area contributed by atoms with Crippen LogP contribution < -0.4 is 0 Å². The molecule has 0 saturated carbocycles. The van der Waals surface area contributed by atoms with Crippen molar-refractivity contribution in [2.24, 2.45) is 0 Å². The molecule has 4 heteroatoms. The maximum Gasteiger partial charge on any atom is 0.141 e. The summed E-state index contributed by atoms with van der Waals surface area (Å²) in [5.74, 6) is 0.989. The van der Waals surface area contributed by atoms with Gasteiger partial charge in [0.25, 0.3) is 0 Å². The van der Waals surface area contributed by atoms with Crippen molar-refractivity contribution in [3.63, 3.8) is 0 Å². The minimum atomic E-state index is 0.228. The van der Waals surface area contributed by atoms with Gasteiger partial charge in [0, 0.05) is 38.9 Å². The van der Waals surface area contributed by atoms with Crippen molar-refractivity contribution in [1.29, 1.82) is 0 Å². The van der Waals surface area contributed by atoms with Crippen LogP contribution in [0.2, 0.25) is 0 Å². The Hall–Kier alpha value is -6.91. The van der Waals surface area contributed by atoms with Gasteiger partial charge in [0.2, 0.25) is 0 Å². The van der Waals surface area contributed by atoms with Crippen molar-refractivity contribution < 1.29 is 4.42 Å². The number of hydrogen-bond donors (Lipinski definition) is 0. The van der Waals surface area contributed by atoms with Crippen LogP contribution >= 0.6 is 0 Å². The first-order valence-electron chi connectivity index (χ1n) is 18.2. The zero-order valence-electron chi connectivity index (χ0n) is 28.9. The van der Waals surface area contributed by atoms with Crippen LogP contribution in [0.5, 0.6) is 0 Å². The van der Waals surface area contributed by atoms with E-state index >= 15 is 0 Å². The summed E-state index contributed by atoms with van der Waals surface area (Å²) in [6.07, 6.45) is 9.71. The number of para-hydroxylation sites is 3. The summed E-state index contributed by atoms with van der Waals surface area (Å²) in [6.45, 7) is 0. The van der Waals surface area contributed by atoms with E-state index in [1.807, 2.05) is 0 Å². The second-order valence-corrected chi connectivity index (χ2v) is 13.9. The van der Waals surface area contributed by atoms with Gasteiger partial charge in [-0.2, -0.15) is 0 Å². The summed E-state index contributed by atoms with van der Waals surface area (Å²) in [4.78, 5) is 5.12. The Morgan fingerprint density at radius 1 is 0.528 bits per heavy atom. The predicted molar refractivity (Wildman–Crippen MR) is 220 cm³/mol. The van der Waals surface area contributed by atoms with Gasteiger partial charge in [0.15, 0.2) is 0 Å². The number of nitrogens with zero attached hydrogens (tertiary/aromatic N) is 3. The maximum atomic E-state index is 6.64. The Morgan fingerprint density at radius 3 is 2.15 bits per heavy atom. The predicted octanol–water partition coefficient (Wildman–Crippen LogP) is 13.1. The first kappa shape index (κ1) is 29.8. The van der Waals surface area contributed by atoms with Gasteiger partial charge in [-0.05, 0) is 71.1 Å². The molecule has 0 saturated heterocycles. The molecule has 1 atom stereocenters. The molecule has 10 aromatic rings. The van der Waals surface area contributed by atoms with Crippen LogP contribution in [0.3, 0.4) is 0 Å². The summed E-state index contributed by atoms with van der Waals surface area (Å²) in [5, 5.41) is 4.70. The van der Waals surface area contributed by atoms with Crippen molar-refractivity contribution in [3.05, 3.63) is 182 Å². The number of hydrogen-bond acceptors (Lipinski definition) is 2. The molecule has 1 aliphatic carbocycles. The zero-order valence-corrected chi connectivity index (χ0v) is 28.9. The van der Waals surface area contributed by atoms with E-state index in [0.717, 1.165) is 67.6 Å². The number of imidazole rings is 1. The van der Waals surface area contributed by atoms with E-state index in [1.165, 1.54) is 32.9 Å². The third kappa shape index (κ3) is 4.73.